The van der Waals surface area contributed by atoms with E-state index in [9.17, 15) is 23.1 Å². The van der Waals surface area contributed by atoms with E-state index in [1.807, 2.05) is 0 Å². The molecule has 9 nitrogen and oxygen atoms in total. The molecule has 1 amide bonds. The molecule has 1 unspecified atom stereocenters. The third-order valence-corrected chi connectivity index (χ3v) is 8.28. The number of aryl methyl sites for hydroxylation is 1. The van der Waals surface area contributed by atoms with Crippen molar-refractivity contribution in [1.82, 2.24) is 29.6 Å². The van der Waals surface area contributed by atoms with E-state index < -0.39 is 12.0 Å². The summed E-state index contributed by atoms with van der Waals surface area (Å²) in [6.45, 7) is 5.22. The number of alkyl halides is 3. The van der Waals surface area contributed by atoms with E-state index in [2.05, 4.69) is 28.1 Å². The number of aromatic nitrogens is 5. The van der Waals surface area contributed by atoms with Crippen molar-refractivity contribution in [1.29, 1.82) is 0 Å². The van der Waals surface area contributed by atoms with Crippen molar-refractivity contribution in [2.24, 2.45) is 0 Å². The van der Waals surface area contributed by atoms with Gasteiger partial charge in [-0.15, -0.1) is 21.5 Å². The Labute approximate surface area is 216 Å². The van der Waals surface area contributed by atoms with Crippen molar-refractivity contribution in [2.75, 3.05) is 31.1 Å². The molecule has 2 aliphatic rings. The fourth-order valence-electron chi connectivity index (χ4n) is 5.46. The Morgan fingerprint density at radius 3 is 2.76 bits per heavy atom. The molecule has 3 aromatic rings. The van der Waals surface area contributed by atoms with Gasteiger partial charge >= 0.3 is 6.18 Å². The molecule has 37 heavy (non-hydrogen) atoms. The van der Waals surface area contributed by atoms with Crippen molar-refractivity contribution < 1.29 is 23.1 Å². The summed E-state index contributed by atoms with van der Waals surface area (Å²) < 4.78 is 41.2. The first-order chi connectivity index (χ1) is 17.7. The fourth-order valence-corrected chi connectivity index (χ4v) is 6.59. The van der Waals surface area contributed by atoms with Gasteiger partial charge in [0, 0.05) is 55.7 Å². The molecule has 200 valence electrons. The van der Waals surface area contributed by atoms with Crippen molar-refractivity contribution >= 4 is 33.4 Å². The van der Waals surface area contributed by atoms with E-state index >= 15 is 0 Å². The Bertz CT molecular complexity index is 1290. The Balaban J connectivity index is 1.48. The number of thiophene rings is 1. The summed E-state index contributed by atoms with van der Waals surface area (Å²) in [5, 5.41) is 17.6. The van der Waals surface area contributed by atoms with Crippen molar-refractivity contribution in [3.63, 3.8) is 0 Å². The zero-order valence-corrected chi connectivity index (χ0v) is 21.6. The lowest BCUT2D eigenvalue weighted by atomic mass is 9.92. The third-order valence-electron chi connectivity index (χ3n) is 7.19. The van der Waals surface area contributed by atoms with Crippen molar-refractivity contribution in [3.8, 4) is 0 Å². The molecule has 1 saturated heterocycles. The van der Waals surface area contributed by atoms with Crippen LogP contribution in [0.1, 0.15) is 61.2 Å². The quantitative estimate of drug-likeness (QED) is 0.493. The number of fused-ring (bicyclic) bond motifs is 2. The monoisotopic (exact) mass is 537 g/mol. The summed E-state index contributed by atoms with van der Waals surface area (Å²) in [5.74, 6) is -0.234. The molecule has 2 atom stereocenters. The van der Waals surface area contributed by atoms with Crippen molar-refractivity contribution in [3.05, 3.63) is 28.3 Å². The average Bonchev–Trinajstić information content (AvgIpc) is 3.58. The van der Waals surface area contributed by atoms with E-state index in [0.717, 1.165) is 35.2 Å². The molecule has 0 aliphatic carbocycles. The van der Waals surface area contributed by atoms with E-state index in [0.29, 0.717) is 37.7 Å². The number of halogens is 3. The van der Waals surface area contributed by atoms with Gasteiger partial charge in [0.2, 0.25) is 17.7 Å². The molecular weight excluding hydrogens is 507 g/mol. The number of rotatable bonds is 7. The van der Waals surface area contributed by atoms with Crippen LogP contribution in [0.5, 0.6) is 0 Å². The minimum absolute atomic E-state index is 0.0413. The van der Waals surface area contributed by atoms with Crippen LogP contribution in [0.25, 0.3) is 10.2 Å². The standard InChI is InChI=1S/C24H30F3N7O2S/c1-3-4-17-12-18-20(15-5-8-34-19(11-15)30-31-22(34)24(25,26)27)28-23(29-21(18)37-17)32-7-6-16(13-32)33(9-10-35)14(2)36/h12,15-16,35H,3-11,13H2,1-2H3/t15?,16-/m0/s1. The van der Waals surface area contributed by atoms with Crippen LogP contribution in [0, 0.1) is 0 Å². The highest BCUT2D eigenvalue weighted by Crippen LogP contribution is 2.39. The van der Waals surface area contributed by atoms with Crippen LogP contribution in [0.2, 0.25) is 0 Å². The predicted octanol–water partition coefficient (Wildman–Crippen LogP) is 3.40. The maximum absolute atomic E-state index is 13.3. The molecule has 0 saturated carbocycles. The van der Waals surface area contributed by atoms with Gasteiger partial charge in [0.1, 0.15) is 10.7 Å². The van der Waals surface area contributed by atoms with Crippen LogP contribution in [0.4, 0.5) is 19.1 Å². The lowest BCUT2D eigenvalue weighted by Crippen LogP contribution is -2.42. The smallest absolute Gasteiger partial charge is 0.395 e. The van der Waals surface area contributed by atoms with E-state index in [1.54, 1.807) is 16.2 Å². The Morgan fingerprint density at radius 1 is 1.24 bits per heavy atom. The molecule has 0 aromatic carbocycles. The van der Waals surface area contributed by atoms with Crippen LogP contribution in [0.15, 0.2) is 6.07 Å². The first kappa shape index (κ1) is 25.8. The SMILES string of the molecule is CCCc1cc2c(C3CCn4c(nnc4C(F)(F)F)C3)nc(N3CC[C@H](N(CCO)C(C)=O)C3)nc2s1. The minimum atomic E-state index is -4.54. The van der Waals surface area contributed by atoms with Gasteiger partial charge in [-0.3, -0.25) is 4.79 Å². The molecule has 1 N–H and O–H groups in total. The average molecular weight is 538 g/mol. The summed E-state index contributed by atoms with van der Waals surface area (Å²) in [6.07, 6.45) is -1.06. The van der Waals surface area contributed by atoms with Gasteiger partial charge in [0.25, 0.3) is 0 Å². The third kappa shape index (κ3) is 5.02. The molecule has 5 heterocycles. The summed E-state index contributed by atoms with van der Waals surface area (Å²) in [7, 11) is 0. The number of hydrogen-bond donors (Lipinski definition) is 1. The number of anilines is 1. The first-order valence-corrected chi connectivity index (χ1v) is 13.4. The normalized spacial score (nSPS) is 20.0. The fraction of sp³-hybridized carbons (Fsp3) is 0.625. The molecule has 13 heteroatoms. The molecule has 2 aliphatic heterocycles. The van der Waals surface area contributed by atoms with Crippen LogP contribution in [-0.2, 0) is 30.4 Å². The summed E-state index contributed by atoms with van der Waals surface area (Å²) >= 11 is 1.63. The van der Waals surface area contributed by atoms with Gasteiger partial charge in [-0.25, -0.2) is 9.97 Å². The second-order valence-corrected chi connectivity index (χ2v) is 10.8. The topological polar surface area (TPSA) is 100 Å². The molecule has 5 rings (SSSR count). The number of carbonyl (C=O) groups is 1. The maximum atomic E-state index is 13.3. The highest BCUT2D eigenvalue weighted by Gasteiger charge is 2.40. The molecule has 1 fully saturated rings. The highest BCUT2D eigenvalue weighted by atomic mass is 32.1. The molecule has 0 bridgehead atoms. The largest absolute Gasteiger partial charge is 0.451 e. The highest BCUT2D eigenvalue weighted by molar-refractivity contribution is 7.18. The van der Waals surface area contributed by atoms with Gasteiger partial charge in [-0.1, -0.05) is 13.3 Å². The Morgan fingerprint density at radius 2 is 2.05 bits per heavy atom. The lowest BCUT2D eigenvalue weighted by Gasteiger charge is -2.28. The summed E-state index contributed by atoms with van der Waals surface area (Å²) in [4.78, 5) is 27.8. The van der Waals surface area contributed by atoms with Gasteiger partial charge < -0.3 is 19.5 Å². The van der Waals surface area contributed by atoms with Crippen molar-refractivity contribution in [2.45, 2.75) is 70.6 Å². The van der Waals surface area contributed by atoms with E-state index in [-0.39, 0.29) is 37.6 Å². The zero-order valence-electron chi connectivity index (χ0n) is 20.8. The van der Waals surface area contributed by atoms with E-state index in [4.69, 9.17) is 9.97 Å². The number of aliphatic hydroxyl groups is 1. The zero-order chi connectivity index (χ0) is 26.3. The summed E-state index contributed by atoms with van der Waals surface area (Å²) in [5.41, 5.74) is 0.837. The molecular formula is C24H30F3N7O2S. The van der Waals surface area contributed by atoms with Crippen LogP contribution < -0.4 is 4.90 Å². The van der Waals surface area contributed by atoms with Gasteiger partial charge in [0.15, 0.2) is 0 Å². The van der Waals surface area contributed by atoms with Gasteiger partial charge in [0.05, 0.1) is 18.3 Å². The number of aliphatic hydroxyl groups excluding tert-OH is 1. The number of carbonyl (C=O) groups excluding carboxylic acids is 1. The summed E-state index contributed by atoms with van der Waals surface area (Å²) in [6, 6.07) is 2.08. The van der Waals surface area contributed by atoms with Crippen LogP contribution >= 0.6 is 11.3 Å². The predicted molar refractivity (Wildman–Crippen MR) is 133 cm³/mol. The maximum Gasteiger partial charge on any atom is 0.451 e. The molecule has 3 aromatic heterocycles. The number of amides is 1. The van der Waals surface area contributed by atoms with Gasteiger partial charge in [-0.05, 0) is 25.3 Å². The van der Waals surface area contributed by atoms with Crippen LogP contribution in [-0.4, -0.2) is 72.9 Å². The number of nitrogens with zero attached hydrogens (tertiary/aromatic N) is 7. The second kappa shape index (κ2) is 10.2. The minimum Gasteiger partial charge on any atom is -0.395 e. The molecule has 0 radical (unpaired) electrons. The Kier molecular flexibility index (Phi) is 7.10. The van der Waals surface area contributed by atoms with E-state index in [1.165, 1.54) is 16.4 Å². The first-order valence-electron chi connectivity index (χ1n) is 12.6. The van der Waals surface area contributed by atoms with Crippen LogP contribution in [0.3, 0.4) is 0 Å². The molecule has 0 spiro atoms. The second-order valence-electron chi connectivity index (χ2n) is 9.69. The number of hydrogen-bond acceptors (Lipinski definition) is 8. The van der Waals surface area contributed by atoms with Gasteiger partial charge in [-0.2, -0.15) is 13.2 Å². The lowest BCUT2D eigenvalue weighted by molar-refractivity contribution is -0.147. The Hall–Kier alpha value is -2.80.